The zero-order valence-electron chi connectivity index (χ0n) is 10.1. The summed E-state index contributed by atoms with van der Waals surface area (Å²) in [6, 6.07) is 8.61. The van der Waals surface area contributed by atoms with Gasteiger partial charge in [-0.1, -0.05) is 22.1 Å². The Morgan fingerprint density at radius 1 is 1.11 bits per heavy atom. The lowest BCUT2D eigenvalue weighted by Gasteiger charge is -2.31. The average Bonchev–Trinajstić information content (AvgIpc) is 2.39. The van der Waals surface area contributed by atoms with E-state index in [-0.39, 0.29) is 32.2 Å². The highest BCUT2D eigenvalue weighted by molar-refractivity contribution is 7.83. The summed E-state index contributed by atoms with van der Waals surface area (Å²) >= 11 is 0. The highest BCUT2D eigenvalue weighted by atomic mass is 32.3. The van der Waals surface area contributed by atoms with Crippen molar-refractivity contribution in [2.75, 3.05) is 31.5 Å². The quantitative estimate of drug-likeness (QED) is 0.827. The predicted molar refractivity (Wildman–Crippen MR) is 68.6 cm³/mol. The fourth-order valence-corrected chi connectivity index (χ4v) is 2.43. The first kappa shape index (κ1) is 13.8. The molecular weight excluding hydrogens is 273 g/mol. The molecule has 1 heterocycles. The van der Waals surface area contributed by atoms with Gasteiger partial charge in [0.2, 0.25) is 0 Å². The zero-order valence-corrected chi connectivity index (χ0v) is 10.9. The topological polar surface area (TPSA) is 69.7 Å². The zero-order chi connectivity index (χ0) is 13.9. The third-order valence-corrected chi connectivity index (χ3v) is 3.84. The van der Waals surface area contributed by atoms with Crippen LogP contribution in [0.15, 0.2) is 30.3 Å². The molecule has 0 aliphatic carbocycles. The third-order valence-electron chi connectivity index (χ3n) is 2.86. The van der Waals surface area contributed by atoms with Crippen molar-refractivity contribution in [3.8, 4) is 0 Å². The Hall–Kier alpha value is -1.67. The minimum Gasteiger partial charge on any atom is -0.322 e. The second-order valence-corrected chi connectivity index (χ2v) is 5.46. The molecule has 2 amide bonds. The van der Waals surface area contributed by atoms with Crippen molar-refractivity contribution in [3.63, 3.8) is 0 Å². The Kier molecular flexibility index (Phi) is 4.01. The minimum absolute atomic E-state index is 0.0267. The van der Waals surface area contributed by atoms with Crippen LogP contribution in [0, 0.1) is 0 Å². The Bertz CT molecular complexity index is 542. The molecule has 1 N–H and O–H groups in total. The molecule has 2 rings (SSSR count). The van der Waals surface area contributed by atoms with Crippen LogP contribution in [0.2, 0.25) is 0 Å². The second kappa shape index (κ2) is 5.54. The Morgan fingerprint density at radius 2 is 1.68 bits per heavy atom. The van der Waals surface area contributed by atoms with E-state index in [4.69, 9.17) is 0 Å². The van der Waals surface area contributed by atoms with Gasteiger partial charge in [0, 0.05) is 31.9 Å². The van der Waals surface area contributed by atoms with Crippen molar-refractivity contribution in [1.82, 2.24) is 9.21 Å². The molecule has 8 heteroatoms. The number of nitrogens with zero attached hydrogens (tertiary/aromatic N) is 2. The number of hydrogen-bond donors (Lipinski definition) is 1. The Morgan fingerprint density at radius 3 is 2.21 bits per heavy atom. The average molecular weight is 287 g/mol. The summed E-state index contributed by atoms with van der Waals surface area (Å²) in [6.07, 6.45) is 0. The lowest BCUT2D eigenvalue weighted by molar-refractivity contribution is 0.182. The first-order valence-electron chi connectivity index (χ1n) is 5.77. The van der Waals surface area contributed by atoms with Crippen LogP contribution < -0.4 is 5.32 Å². The number of hydrogen-bond acceptors (Lipinski definition) is 3. The Labute approximate surface area is 111 Å². The van der Waals surface area contributed by atoms with Gasteiger partial charge in [0.1, 0.15) is 0 Å². The number of urea groups is 1. The first-order valence-corrected chi connectivity index (χ1v) is 7.11. The molecule has 0 radical (unpaired) electrons. The van der Waals surface area contributed by atoms with Crippen molar-refractivity contribution >= 4 is 22.1 Å². The van der Waals surface area contributed by atoms with E-state index >= 15 is 0 Å². The van der Waals surface area contributed by atoms with Crippen molar-refractivity contribution in [2.45, 2.75) is 0 Å². The molecule has 104 valence electrons. The lowest BCUT2D eigenvalue weighted by atomic mass is 10.3. The van der Waals surface area contributed by atoms with Gasteiger partial charge in [-0.3, -0.25) is 0 Å². The van der Waals surface area contributed by atoms with E-state index in [9.17, 15) is 17.1 Å². The van der Waals surface area contributed by atoms with Crippen LogP contribution in [0.4, 0.5) is 14.4 Å². The maximum Gasteiger partial charge on any atom is 0.374 e. The summed E-state index contributed by atoms with van der Waals surface area (Å²) in [5.74, 6) is 0. The van der Waals surface area contributed by atoms with Crippen molar-refractivity contribution in [3.05, 3.63) is 30.3 Å². The first-order chi connectivity index (χ1) is 8.97. The summed E-state index contributed by atoms with van der Waals surface area (Å²) in [7, 11) is -4.66. The molecule has 0 bridgehead atoms. The fraction of sp³-hybridized carbons (Fsp3) is 0.364. The van der Waals surface area contributed by atoms with Gasteiger partial charge in [-0.05, 0) is 12.1 Å². The number of para-hydroxylation sites is 1. The standard InChI is InChI=1S/C11H14FN3O3S/c12-19(17,18)15-8-6-14(7-9-15)11(16)13-10-4-2-1-3-5-10/h1-5H,6-9H2,(H,13,16). The number of halogens is 1. The van der Waals surface area contributed by atoms with Crippen LogP contribution in [0.3, 0.4) is 0 Å². The van der Waals surface area contributed by atoms with Crippen LogP contribution in [-0.4, -0.2) is 49.8 Å². The monoisotopic (exact) mass is 287 g/mol. The minimum atomic E-state index is -4.66. The highest BCUT2D eigenvalue weighted by Crippen LogP contribution is 2.11. The largest absolute Gasteiger partial charge is 0.374 e. The molecule has 0 atom stereocenters. The molecule has 1 fully saturated rings. The van der Waals surface area contributed by atoms with E-state index in [1.54, 1.807) is 24.3 Å². The molecule has 6 nitrogen and oxygen atoms in total. The van der Waals surface area contributed by atoms with E-state index in [1.165, 1.54) is 4.90 Å². The number of piperazine rings is 1. The molecule has 1 saturated heterocycles. The van der Waals surface area contributed by atoms with Gasteiger partial charge in [-0.15, -0.1) is 0 Å². The van der Waals surface area contributed by atoms with E-state index in [0.29, 0.717) is 5.69 Å². The van der Waals surface area contributed by atoms with Crippen molar-refractivity contribution < 1.29 is 17.1 Å². The fourth-order valence-electron chi connectivity index (χ4n) is 1.83. The van der Waals surface area contributed by atoms with Crippen molar-refractivity contribution in [2.24, 2.45) is 0 Å². The smallest absolute Gasteiger partial charge is 0.322 e. The molecule has 1 aliphatic heterocycles. The summed E-state index contributed by atoms with van der Waals surface area (Å²) < 4.78 is 34.8. The van der Waals surface area contributed by atoms with Crippen LogP contribution in [0.25, 0.3) is 0 Å². The molecule has 1 aromatic carbocycles. The number of benzene rings is 1. The number of amides is 2. The number of rotatable bonds is 2. The maximum atomic E-state index is 12.7. The molecule has 0 unspecified atom stereocenters. The van der Waals surface area contributed by atoms with Crippen molar-refractivity contribution in [1.29, 1.82) is 0 Å². The molecule has 0 saturated carbocycles. The summed E-state index contributed by atoms with van der Waals surface area (Å²) in [5.41, 5.74) is 0.660. The number of anilines is 1. The molecular formula is C11H14FN3O3S. The van der Waals surface area contributed by atoms with Crippen LogP contribution in [0.5, 0.6) is 0 Å². The molecule has 0 spiro atoms. The molecule has 19 heavy (non-hydrogen) atoms. The van der Waals surface area contributed by atoms with Crippen LogP contribution >= 0.6 is 0 Å². The van der Waals surface area contributed by atoms with Gasteiger partial charge in [-0.25, -0.2) is 4.79 Å². The van der Waals surface area contributed by atoms with E-state index in [2.05, 4.69) is 5.32 Å². The summed E-state index contributed by atoms with van der Waals surface area (Å²) in [6.45, 7) is 0.283. The second-order valence-electron chi connectivity index (χ2n) is 4.12. The summed E-state index contributed by atoms with van der Waals surface area (Å²) in [5, 5.41) is 2.69. The van der Waals surface area contributed by atoms with E-state index < -0.39 is 10.4 Å². The third kappa shape index (κ3) is 3.65. The van der Waals surface area contributed by atoms with Gasteiger partial charge < -0.3 is 10.2 Å². The maximum absolute atomic E-state index is 12.7. The van der Waals surface area contributed by atoms with Gasteiger partial charge in [0.25, 0.3) is 0 Å². The van der Waals surface area contributed by atoms with Crippen LogP contribution in [0.1, 0.15) is 0 Å². The van der Waals surface area contributed by atoms with Gasteiger partial charge in [-0.2, -0.15) is 12.7 Å². The normalized spacial score (nSPS) is 17.2. The number of carbonyl (C=O) groups is 1. The summed E-state index contributed by atoms with van der Waals surface area (Å²) in [4.78, 5) is 13.3. The van der Waals surface area contributed by atoms with Crippen LogP contribution in [-0.2, 0) is 10.4 Å². The lowest BCUT2D eigenvalue weighted by Crippen LogP contribution is -2.50. The molecule has 0 aromatic heterocycles. The highest BCUT2D eigenvalue weighted by Gasteiger charge is 2.28. The molecule has 1 aromatic rings. The number of carbonyl (C=O) groups excluding carboxylic acids is 1. The molecule has 1 aliphatic rings. The number of nitrogens with one attached hydrogen (secondary N) is 1. The predicted octanol–water partition coefficient (Wildman–Crippen LogP) is 1.05. The SMILES string of the molecule is O=C(Nc1ccccc1)N1CCN(S(=O)(=O)F)CC1. The van der Waals surface area contributed by atoms with E-state index in [0.717, 1.165) is 4.31 Å². The van der Waals surface area contributed by atoms with E-state index in [1.807, 2.05) is 6.07 Å². The van der Waals surface area contributed by atoms with Gasteiger partial charge >= 0.3 is 16.4 Å². The Balaban J connectivity index is 1.90. The van der Waals surface area contributed by atoms with Gasteiger partial charge in [0.15, 0.2) is 0 Å². The van der Waals surface area contributed by atoms with Gasteiger partial charge in [0.05, 0.1) is 0 Å².